The van der Waals surface area contributed by atoms with Crippen LogP contribution in [0.1, 0.15) is 0 Å². The van der Waals surface area contributed by atoms with Crippen molar-refractivity contribution >= 4 is 39.2 Å². The van der Waals surface area contributed by atoms with Gasteiger partial charge in [-0.05, 0) is 36.4 Å². The smallest absolute Gasteiger partial charge is 0.244 e. The number of halogens is 2. The molecule has 3 aromatic rings. The van der Waals surface area contributed by atoms with Gasteiger partial charge in [0.05, 0.1) is 32.0 Å². The Labute approximate surface area is 214 Å². The summed E-state index contributed by atoms with van der Waals surface area (Å²) in [4.78, 5) is 11.1. The maximum absolute atomic E-state index is 13.1. The first-order valence-corrected chi connectivity index (χ1v) is 12.8. The van der Waals surface area contributed by atoms with Gasteiger partial charge in [0.15, 0.2) is 11.5 Å². The molecule has 0 saturated carbocycles. The van der Waals surface area contributed by atoms with Gasteiger partial charge in [-0.15, -0.1) is 0 Å². The molecular formula is C23H24Cl2N4O5S. The quantitative estimate of drug-likeness (QED) is 0.445. The molecule has 1 saturated heterocycles. The number of ether oxygens (including phenoxy) is 3. The van der Waals surface area contributed by atoms with E-state index in [1.807, 2.05) is 17.0 Å². The van der Waals surface area contributed by atoms with Crippen LogP contribution in [0.4, 0.5) is 5.95 Å². The minimum Gasteiger partial charge on any atom is -0.493 e. The molecule has 0 radical (unpaired) electrons. The lowest BCUT2D eigenvalue weighted by molar-refractivity contribution is 0.324. The van der Waals surface area contributed by atoms with Crippen molar-refractivity contribution in [2.45, 2.75) is 4.90 Å². The molecular weight excluding hydrogens is 515 g/mol. The molecule has 0 unspecified atom stereocenters. The van der Waals surface area contributed by atoms with Gasteiger partial charge in [0, 0.05) is 43.0 Å². The fraction of sp³-hybridized carbons (Fsp3) is 0.304. The lowest BCUT2D eigenvalue weighted by Crippen LogP contribution is -2.49. The van der Waals surface area contributed by atoms with Crippen molar-refractivity contribution in [2.24, 2.45) is 0 Å². The molecule has 35 heavy (non-hydrogen) atoms. The minimum atomic E-state index is -3.75. The van der Waals surface area contributed by atoms with Crippen LogP contribution in [0.2, 0.25) is 10.0 Å². The van der Waals surface area contributed by atoms with E-state index < -0.39 is 10.0 Å². The number of nitrogens with zero attached hydrogens (tertiary/aromatic N) is 4. The van der Waals surface area contributed by atoms with Gasteiger partial charge in [-0.1, -0.05) is 23.2 Å². The van der Waals surface area contributed by atoms with Crippen LogP contribution < -0.4 is 19.1 Å². The standard InChI is InChI=1S/C23H24Cl2N4O5S/c1-32-19-12-15(13-20(33-2)22(19)34-3)18-6-7-26-23(27-18)28-8-10-29(11-9-28)35(30,31)21-5-4-16(24)14-17(21)25/h4-7,12-14H,8-11H2,1-3H3. The van der Waals surface area contributed by atoms with E-state index in [9.17, 15) is 8.42 Å². The molecule has 1 aromatic heterocycles. The summed E-state index contributed by atoms with van der Waals surface area (Å²) in [6, 6.07) is 9.78. The SMILES string of the molecule is COc1cc(-c2ccnc(N3CCN(S(=O)(=O)c4ccc(Cl)cc4Cl)CC3)n2)cc(OC)c1OC. The molecule has 0 bridgehead atoms. The Kier molecular flexibility index (Phi) is 7.56. The summed E-state index contributed by atoms with van der Waals surface area (Å²) in [5.41, 5.74) is 1.43. The van der Waals surface area contributed by atoms with Gasteiger partial charge in [0.1, 0.15) is 4.90 Å². The van der Waals surface area contributed by atoms with Gasteiger partial charge in [-0.25, -0.2) is 18.4 Å². The zero-order valence-corrected chi connectivity index (χ0v) is 21.7. The van der Waals surface area contributed by atoms with Crippen molar-refractivity contribution < 1.29 is 22.6 Å². The molecule has 1 aliphatic rings. The second-order valence-corrected chi connectivity index (χ2v) is 10.4. The van der Waals surface area contributed by atoms with Crippen LogP contribution in [0, 0.1) is 0 Å². The first-order chi connectivity index (χ1) is 16.8. The molecule has 0 spiro atoms. The molecule has 0 aliphatic carbocycles. The number of benzene rings is 2. The highest BCUT2D eigenvalue weighted by molar-refractivity contribution is 7.89. The molecule has 1 fully saturated rings. The largest absolute Gasteiger partial charge is 0.493 e. The number of methoxy groups -OCH3 is 3. The third-order valence-corrected chi connectivity index (χ3v) is 8.25. The van der Waals surface area contributed by atoms with Gasteiger partial charge in [0.2, 0.25) is 21.7 Å². The number of aromatic nitrogens is 2. The molecule has 4 rings (SSSR count). The predicted octanol–water partition coefficient (Wildman–Crippen LogP) is 3.99. The van der Waals surface area contributed by atoms with Crippen molar-refractivity contribution in [3.63, 3.8) is 0 Å². The van der Waals surface area contributed by atoms with E-state index >= 15 is 0 Å². The fourth-order valence-electron chi connectivity index (χ4n) is 3.84. The predicted molar refractivity (Wildman–Crippen MR) is 135 cm³/mol. The Balaban J connectivity index is 1.54. The summed E-state index contributed by atoms with van der Waals surface area (Å²) >= 11 is 12.1. The molecule has 9 nitrogen and oxygen atoms in total. The minimum absolute atomic E-state index is 0.0395. The highest BCUT2D eigenvalue weighted by Crippen LogP contribution is 2.41. The normalized spacial score (nSPS) is 14.6. The van der Waals surface area contributed by atoms with Crippen LogP contribution >= 0.6 is 23.2 Å². The van der Waals surface area contributed by atoms with Crippen LogP contribution in [-0.4, -0.2) is 70.2 Å². The van der Waals surface area contributed by atoms with E-state index in [2.05, 4.69) is 4.98 Å². The van der Waals surface area contributed by atoms with Crippen LogP contribution in [0.15, 0.2) is 47.5 Å². The number of piperazine rings is 1. The van der Waals surface area contributed by atoms with Crippen LogP contribution in [0.25, 0.3) is 11.3 Å². The fourth-order valence-corrected chi connectivity index (χ4v) is 6.01. The summed E-state index contributed by atoms with van der Waals surface area (Å²) in [6.07, 6.45) is 1.66. The Morgan fingerprint density at radius 2 is 1.54 bits per heavy atom. The lowest BCUT2D eigenvalue weighted by atomic mass is 10.1. The molecule has 2 heterocycles. The molecule has 2 aromatic carbocycles. The van der Waals surface area contributed by atoms with Crippen molar-refractivity contribution in [3.8, 4) is 28.5 Å². The monoisotopic (exact) mass is 538 g/mol. The van der Waals surface area contributed by atoms with Gasteiger partial charge in [-0.2, -0.15) is 4.31 Å². The Morgan fingerprint density at radius 3 is 2.11 bits per heavy atom. The van der Waals surface area contributed by atoms with Gasteiger partial charge in [-0.3, -0.25) is 0 Å². The number of rotatable bonds is 7. The second-order valence-electron chi connectivity index (χ2n) is 7.62. The summed E-state index contributed by atoms with van der Waals surface area (Å²) in [6.45, 7) is 1.37. The van der Waals surface area contributed by atoms with Gasteiger partial charge in [0.25, 0.3) is 0 Å². The van der Waals surface area contributed by atoms with Crippen molar-refractivity contribution in [1.29, 1.82) is 0 Å². The van der Waals surface area contributed by atoms with E-state index in [0.717, 1.165) is 5.56 Å². The van der Waals surface area contributed by atoms with Crippen molar-refractivity contribution in [2.75, 3.05) is 52.4 Å². The van der Waals surface area contributed by atoms with Gasteiger partial charge >= 0.3 is 0 Å². The van der Waals surface area contributed by atoms with E-state index in [4.69, 9.17) is 42.4 Å². The third kappa shape index (κ3) is 5.11. The zero-order chi connectivity index (χ0) is 25.2. The zero-order valence-electron chi connectivity index (χ0n) is 19.4. The maximum Gasteiger partial charge on any atom is 0.244 e. The Hall–Kier alpha value is -2.79. The maximum atomic E-state index is 13.1. The first kappa shape index (κ1) is 25.3. The summed E-state index contributed by atoms with van der Waals surface area (Å²) in [5.74, 6) is 2.02. The topological polar surface area (TPSA) is 94.1 Å². The summed E-state index contributed by atoms with van der Waals surface area (Å²) in [7, 11) is 0.898. The number of hydrogen-bond donors (Lipinski definition) is 0. The molecule has 0 N–H and O–H groups in total. The second kappa shape index (κ2) is 10.4. The van der Waals surface area contributed by atoms with E-state index in [1.54, 1.807) is 33.6 Å². The molecule has 1 aliphatic heterocycles. The van der Waals surface area contributed by atoms with E-state index in [0.29, 0.717) is 47.0 Å². The molecule has 0 amide bonds. The van der Waals surface area contributed by atoms with Crippen LogP contribution in [0.3, 0.4) is 0 Å². The van der Waals surface area contributed by atoms with Crippen LogP contribution in [0.5, 0.6) is 17.2 Å². The number of sulfonamides is 1. The summed E-state index contributed by atoms with van der Waals surface area (Å²) < 4.78 is 43.9. The molecule has 0 atom stereocenters. The Morgan fingerprint density at radius 1 is 0.886 bits per heavy atom. The number of hydrogen-bond acceptors (Lipinski definition) is 8. The summed E-state index contributed by atoms with van der Waals surface area (Å²) in [5, 5.41) is 0.476. The highest BCUT2D eigenvalue weighted by Gasteiger charge is 2.31. The molecule has 12 heteroatoms. The van der Waals surface area contributed by atoms with Gasteiger partial charge < -0.3 is 19.1 Å². The van der Waals surface area contributed by atoms with E-state index in [1.165, 1.54) is 22.5 Å². The third-order valence-electron chi connectivity index (χ3n) is 5.64. The average molecular weight is 539 g/mol. The number of anilines is 1. The average Bonchev–Trinajstić information content (AvgIpc) is 2.87. The van der Waals surface area contributed by atoms with Crippen molar-refractivity contribution in [3.05, 3.63) is 52.6 Å². The van der Waals surface area contributed by atoms with E-state index in [-0.39, 0.29) is 23.0 Å². The lowest BCUT2D eigenvalue weighted by Gasteiger charge is -2.34. The van der Waals surface area contributed by atoms with Crippen molar-refractivity contribution in [1.82, 2.24) is 14.3 Å². The highest BCUT2D eigenvalue weighted by atomic mass is 35.5. The molecule has 186 valence electrons. The first-order valence-electron chi connectivity index (χ1n) is 10.6. The van der Waals surface area contributed by atoms with Crippen LogP contribution in [-0.2, 0) is 10.0 Å². The Bertz CT molecular complexity index is 1310.